The first-order valence-corrected chi connectivity index (χ1v) is 8.67. The Morgan fingerprint density at radius 2 is 1.91 bits per heavy atom. The summed E-state index contributed by atoms with van der Waals surface area (Å²) in [5.41, 5.74) is 7.15. The molecule has 0 spiro atoms. The molecule has 0 aromatic heterocycles. The first-order chi connectivity index (χ1) is 10.8. The van der Waals surface area contributed by atoms with Crippen LogP contribution in [0.25, 0.3) is 0 Å². The highest BCUT2D eigenvalue weighted by Crippen LogP contribution is 2.36. The number of hydrogen-bond acceptors (Lipinski definition) is 4. The van der Waals surface area contributed by atoms with Crippen LogP contribution in [0.2, 0.25) is 0 Å². The number of fused-ring (bicyclic) bond motifs is 2. The van der Waals surface area contributed by atoms with E-state index < -0.39 is 0 Å². The van der Waals surface area contributed by atoms with Crippen LogP contribution in [0.1, 0.15) is 34.1 Å². The van der Waals surface area contributed by atoms with Crippen LogP contribution in [0.5, 0.6) is 0 Å². The molecule has 0 aliphatic carbocycles. The minimum absolute atomic E-state index is 0.254. The minimum atomic E-state index is 0.254. The summed E-state index contributed by atoms with van der Waals surface area (Å²) in [6, 6.07) is 1.29. The zero-order chi connectivity index (χ0) is 17.2. The van der Waals surface area contributed by atoms with Crippen LogP contribution in [-0.2, 0) is 4.74 Å². The van der Waals surface area contributed by atoms with Gasteiger partial charge in [0.05, 0.1) is 7.11 Å². The Bertz CT molecular complexity index is 507. The Balaban J connectivity index is 2.05. The second-order valence-corrected chi connectivity index (χ2v) is 7.83. The Kier molecular flexibility index (Phi) is 5.82. The predicted octanol–water partition coefficient (Wildman–Crippen LogP) is 3.06. The minimum Gasteiger partial charge on any atom is -0.482 e. The molecule has 0 saturated carbocycles. The van der Waals surface area contributed by atoms with Gasteiger partial charge in [-0.05, 0) is 45.8 Å². The maximum Gasteiger partial charge on any atom is 0.203 e. The van der Waals surface area contributed by atoms with Crippen molar-refractivity contribution in [1.29, 1.82) is 0 Å². The van der Waals surface area contributed by atoms with E-state index in [0.717, 1.165) is 25.2 Å². The van der Waals surface area contributed by atoms with Crippen molar-refractivity contribution in [1.82, 2.24) is 9.80 Å². The molecule has 130 valence electrons. The number of hydrogen-bond donors (Lipinski definition) is 1. The van der Waals surface area contributed by atoms with Gasteiger partial charge in [-0.15, -0.1) is 0 Å². The molecule has 3 aliphatic heterocycles. The lowest BCUT2D eigenvalue weighted by molar-refractivity contribution is -0.0892. The number of piperazine rings is 1. The van der Waals surface area contributed by atoms with Gasteiger partial charge in [0.2, 0.25) is 5.88 Å². The van der Waals surface area contributed by atoms with Gasteiger partial charge < -0.3 is 10.5 Å². The lowest BCUT2D eigenvalue weighted by Crippen LogP contribution is -2.71. The van der Waals surface area contributed by atoms with Gasteiger partial charge in [0.1, 0.15) is 5.03 Å². The number of halogens is 1. The van der Waals surface area contributed by atoms with Gasteiger partial charge in [-0.3, -0.25) is 9.80 Å². The summed E-state index contributed by atoms with van der Waals surface area (Å²) in [6.45, 7) is 12.1. The third-order valence-electron chi connectivity index (χ3n) is 4.81. The van der Waals surface area contributed by atoms with Crippen LogP contribution >= 0.6 is 11.6 Å². The van der Waals surface area contributed by atoms with E-state index in [1.54, 1.807) is 0 Å². The van der Waals surface area contributed by atoms with Crippen LogP contribution in [-0.4, -0.2) is 54.2 Å². The molecule has 2 unspecified atom stereocenters. The molecule has 0 aromatic carbocycles. The second kappa shape index (κ2) is 7.29. The first kappa shape index (κ1) is 18.4. The van der Waals surface area contributed by atoms with Crippen LogP contribution in [0.3, 0.4) is 0 Å². The molecular formula is C18H30ClN3O. The first-order valence-electron chi connectivity index (χ1n) is 8.29. The van der Waals surface area contributed by atoms with Crippen LogP contribution in [0.15, 0.2) is 34.7 Å². The standard InChI is InChI=1S/C18H30ClN3O/c1-6-7-13(8-16(19)17(20)23-5)10-22-14-9-15(22)12-21(11-14)18(2,3)4/h6-8,14-15H,9-12,20H2,1-5H3/b7-6-,13-8+,17-16-. The highest BCUT2D eigenvalue weighted by molar-refractivity contribution is 6.31. The molecule has 2 atom stereocenters. The Morgan fingerprint density at radius 3 is 2.39 bits per heavy atom. The fourth-order valence-corrected chi connectivity index (χ4v) is 3.61. The number of rotatable bonds is 5. The molecule has 0 amide bonds. The van der Waals surface area contributed by atoms with Gasteiger partial charge in [-0.25, -0.2) is 0 Å². The molecule has 3 aliphatic rings. The van der Waals surface area contributed by atoms with E-state index in [2.05, 4.69) is 36.6 Å². The van der Waals surface area contributed by atoms with Crippen LogP contribution in [0.4, 0.5) is 0 Å². The molecule has 2 N–H and O–H groups in total. The van der Waals surface area contributed by atoms with Gasteiger partial charge in [0.15, 0.2) is 0 Å². The van der Waals surface area contributed by atoms with Gasteiger partial charge in [-0.2, -0.15) is 0 Å². The third-order valence-corrected chi connectivity index (χ3v) is 5.10. The summed E-state index contributed by atoms with van der Waals surface area (Å²) in [6.07, 6.45) is 7.35. The molecule has 3 fully saturated rings. The van der Waals surface area contributed by atoms with Crippen LogP contribution in [0, 0.1) is 0 Å². The Morgan fingerprint density at radius 1 is 1.30 bits per heavy atom. The molecule has 4 nitrogen and oxygen atoms in total. The smallest absolute Gasteiger partial charge is 0.203 e. The van der Waals surface area contributed by atoms with Crippen molar-refractivity contribution < 1.29 is 4.74 Å². The van der Waals surface area contributed by atoms with Crippen LogP contribution < -0.4 is 5.73 Å². The van der Waals surface area contributed by atoms with Crippen molar-refractivity contribution in [3.05, 3.63) is 34.7 Å². The quantitative estimate of drug-likeness (QED) is 0.617. The number of nitrogens with two attached hydrogens (primary N) is 1. The molecule has 3 saturated heterocycles. The summed E-state index contributed by atoms with van der Waals surface area (Å²) in [5.74, 6) is 0.261. The maximum absolute atomic E-state index is 6.20. The number of nitrogens with zero attached hydrogens (tertiary/aromatic N) is 2. The van der Waals surface area contributed by atoms with Crippen molar-refractivity contribution in [2.75, 3.05) is 26.7 Å². The van der Waals surface area contributed by atoms with E-state index in [1.807, 2.05) is 19.1 Å². The normalized spacial score (nSPS) is 27.8. The monoisotopic (exact) mass is 339 g/mol. The average Bonchev–Trinajstić information content (AvgIpc) is 2.50. The zero-order valence-electron chi connectivity index (χ0n) is 15.0. The fraction of sp³-hybridized carbons (Fsp3) is 0.667. The molecule has 3 rings (SSSR count). The highest BCUT2D eigenvalue weighted by atomic mass is 35.5. The SMILES string of the molecule is C\C=C/C(=C\C(Cl)=C(/N)OC)CN1C2CC1CN(C(C)(C)C)C2. The maximum atomic E-state index is 6.20. The van der Waals surface area contributed by atoms with E-state index in [4.69, 9.17) is 22.1 Å². The zero-order valence-corrected chi connectivity index (χ0v) is 15.7. The molecule has 5 heteroatoms. The van der Waals surface area contributed by atoms with Crippen molar-refractivity contribution >= 4 is 11.6 Å². The number of ether oxygens (including phenoxy) is 1. The summed E-state index contributed by atoms with van der Waals surface area (Å²) in [7, 11) is 1.53. The van der Waals surface area contributed by atoms with E-state index in [0.29, 0.717) is 17.1 Å². The largest absolute Gasteiger partial charge is 0.482 e. The topological polar surface area (TPSA) is 41.7 Å². The molecule has 0 aromatic rings. The molecule has 0 radical (unpaired) electrons. The summed E-state index contributed by atoms with van der Waals surface area (Å²) in [4.78, 5) is 5.18. The summed E-state index contributed by atoms with van der Waals surface area (Å²) < 4.78 is 5.00. The number of methoxy groups -OCH3 is 1. The molecule has 23 heavy (non-hydrogen) atoms. The Labute approximate surface area is 145 Å². The van der Waals surface area contributed by atoms with E-state index in [1.165, 1.54) is 13.5 Å². The van der Waals surface area contributed by atoms with E-state index in [9.17, 15) is 0 Å². The number of piperidine rings is 1. The van der Waals surface area contributed by atoms with Crippen molar-refractivity contribution in [2.24, 2.45) is 5.73 Å². The highest BCUT2D eigenvalue weighted by Gasteiger charge is 2.46. The van der Waals surface area contributed by atoms with Gasteiger partial charge in [0, 0.05) is 37.3 Å². The molecular weight excluding hydrogens is 310 g/mol. The van der Waals surface area contributed by atoms with Crippen molar-refractivity contribution in [3.63, 3.8) is 0 Å². The summed E-state index contributed by atoms with van der Waals surface area (Å²) in [5, 5.41) is 0.461. The Hall–Kier alpha value is -0.970. The summed E-state index contributed by atoms with van der Waals surface area (Å²) >= 11 is 6.20. The third kappa shape index (κ3) is 4.31. The number of allylic oxidation sites excluding steroid dienone is 3. The van der Waals surface area contributed by atoms with Gasteiger partial charge in [0.25, 0.3) is 0 Å². The van der Waals surface area contributed by atoms with E-state index in [-0.39, 0.29) is 11.4 Å². The second-order valence-electron chi connectivity index (χ2n) is 7.43. The predicted molar refractivity (Wildman–Crippen MR) is 97.2 cm³/mol. The van der Waals surface area contributed by atoms with Crippen molar-refractivity contribution in [2.45, 2.75) is 51.7 Å². The lowest BCUT2D eigenvalue weighted by atomic mass is 9.84. The average molecular weight is 340 g/mol. The van der Waals surface area contributed by atoms with Crippen molar-refractivity contribution in [3.8, 4) is 0 Å². The molecule has 2 bridgehead atoms. The van der Waals surface area contributed by atoms with Gasteiger partial charge in [-0.1, -0.05) is 23.8 Å². The molecule has 3 heterocycles. The van der Waals surface area contributed by atoms with Gasteiger partial charge >= 0.3 is 0 Å². The fourth-order valence-electron chi connectivity index (χ4n) is 3.40. The van der Waals surface area contributed by atoms with E-state index >= 15 is 0 Å². The lowest BCUT2D eigenvalue weighted by Gasteiger charge is -2.59.